The Morgan fingerprint density at radius 2 is 2.24 bits per heavy atom. The van der Waals surface area contributed by atoms with E-state index in [4.69, 9.17) is 4.74 Å². The van der Waals surface area contributed by atoms with E-state index in [2.05, 4.69) is 17.6 Å². The van der Waals surface area contributed by atoms with E-state index in [1.54, 1.807) is 0 Å². The van der Waals surface area contributed by atoms with Crippen molar-refractivity contribution in [2.24, 2.45) is 0 Å². The van der Waals surface area contributed by atoms with E-state index < -0.39 is 0 Å². The average molecular weight is 240 g/mol. The molecule has 0 aromatic heterocycles. The largest absolute Gasteiger partial charge is 0.381 e. The summed E-state index contributed by atoms with van der Waals surface area (Å²) in [6.07, 6.45) is 6.00. The first-order valence-corrected chi connectivity index (χ1v) is 6.90. The molecule has 17 heavy (non-hydrogen) atoms. The molecule has 2 rings (SSSR count). The molecule has 4 nitrogen and oxygen atoms in total. The highest BCUT2D eigenvalue weighted by molar-refractivity contribution is 5.86. The molecule has 2 heterocycles. The van der Waals surface area contributed by atoms with Crippen LogP contribution in [0, 0.1) is 0 Å². The summed E-state index contributed by atoms with van der Waals surface area (Å²) in [6, 6.07) is 0.312. The SMILES string of the molecule is CCCC1(C(=O)NC2CCOCC2)CCCN1. The van der Waals surface area contributed by atoms with Crippen molar-refractivity contribution in [1.82, 2.24) is 10.6 Å². The first-order chi connectivity index (χ1) is 8.27. The summed E-state index contributed by atoms with van der Waals surface area (Å²) in [5, 5.41) is 6.62. The Bertz CT molecular complexity index is 256. The average Bonchev–Trinajstić information content (AvgIpc) is 2.81. The van der Waals surface area contributed by atoms with Gasteiger partial charge in [0.05, 0.1) is 5.54 Å². The quantitative estimate of drug-likeness (QED) is 0.776. The molecular weight excluding hydrogens is 216 g/mol. The normalized spacial score (nSPS) is 30.4. The third kappa shape index (κ3) is 2.99. The molecule has 0 aromatic rings. The Morgan fingerprint density at radius 1 is 1.47 bits per heavy atom. The minimum Gasteiger partial charge on any atom is -0.381 e. The summed E-state index contributed by atoms with van der Waals surface area (Å²) in [5.41, 5.74) is -0.285. The van der Waals surface area contributed by atoms with Crippen LogP contribution in [0.15, 0.2) is 0 Å². The Kier molecular flexibility index (Phi) is 4.40. The van der Waals surface area contributed by atoms with Gasteiger partial charge in [0.1, 0.15) is 0 Å². The lowest BCUT2D eigenvalue weighted by Crippen LogP contribution is -2.56. The number of rotatable bonds is 4. The van der Waals surface area contributed by atoms with Gasteiger partial charge < -0.3 is 15.4 Å². The molecule has 2 N–H and O–H groups in total. The first-order valence-electron chi connectivity index (χ1n) is 6.90. The zero-order valence-electron chi connectivity index (χ0n) is 10.8. The van der Waals surface area contributed by atoms with Gasteiger partial charge in [0, 0.05) is 19.3 Å². The summed E-state index contributed by atoms with van der Waals surface area (Å²) < 4.78 is 5.31. The Balaban J connectivity index is 1.91. The van der Waals surface area contributed by atoms with Gasteiger partial charge in [-0.25, -0.2) is 0 Å². The van der Waals surface area contributed by atoms with Crippen molar-refractivity contribution in [2.75, 3.05) is 19.8 Å². The molecule has 98 valence electrons. The number of nitrogens with one attached hydrogen (secondary N) is 2. The van der Waals surface area contributed by atoms with Crippen LogP contribution >= 0.6 is 0 Å². The highest BCUT2D eigenvalue weighted by Gasteiger charge is 2.40. The maximum Gasteiger partial charge on any atom is 0.240 e. The highest BCUT2D eigenvalue weighted by Crippen LogP contribution is 2.25. The number of ether oxygens (including phenoxy) is 1. The fraction of sp³-hybridized carbons (Fsp3) is 0.923. The van der Waals surface area contributed by atoms with Crippen LogP contribution in [-0.4, -0.2) is 37.2 Å². The predicted molar refractivity (Wildman–Crippen MR) is 66.9 cm³/mol. The van der Waals surface area contributed by atoms with Crippen LogP contribution in [0.5, 0.6) is 0 Å². The van der Waals surface area contributed by atoms with Crippen molar-refractivity contribution in [1.29, 1.82) is 0 Å². The molecule has 2 fully saturated rings. The van der Waals surface area contributed by atoms with Gasteiger partial charge in [-0.1, -0.05) is 13.3 Å². The van der Waals surface area contributed by atoms with Gasteiger partial charge in [0.15, 0.2) is 0 Å². The van der Waals surface area contributed by atoms with Crippen molar-refractivity contribution in [3.63, 3.8) is 0 Å². The highest BCUT2D eigenvalue weighted by atomic mass is 16.5. The maximum atomic E-state index is 12.4. The van der Waals surface area contributed by atoms with Crippen LogP contribution in [0.25, 0.3) is 0 Å². The predicted octanol–water partition coefficient (Wildman–Crippen LogP) is 1.20. The summed E-state index contributed by atoms with van der Waals surface area (Å²) >= 11 is 0. The second kappa shape index (κ2) is 5.83. The van der Waals surface area contributed by atoms with Gasteiger partial charge in [-0.2, -0.15) is 0 Å². The Hall–Kier alpha value is -0.610. The fourth-order valence-corrected chi connectivity index (χ4v) is 2.92. The molecule has 0 aromatic carbocycles. The smallest absolute Gasteiger partial charge is 0.240 e. The second-order valence-electron chi connectivity index (χ2n) is 5.22. The number of amides is 1. The fourth-order valence-electron chi connectivity index (χ4n) is 2.92. The van der Waals surface area contributed by atoms with Gasteiger partial charge in [-0.3, -0.25) is 4.79 Å². The van der Waals surface area contributed by atoms with E-state index in [-0.39, 0.29) is 11.4 Å². The monoisotopic (exact) mass is 240 g/mol. The molecule has 0 saturated carbocycles. The molecule has 4 heteroatoms. The molecule has 0 aliphatic carbocycles. The number of hydrogen-bond acceptors (Lipinski definition) is 3. The minimum absolute atomic E-state index is 0.212. The van der Waals surface area contributed by atoms with Gasteiger partial charge in [-0.05, 0) is 38.6 Å². The third-order valence-corrected chi connectivity index (χ3v) is 3.91. The molecule has 1 unspecified atom stereocenters. The van der Waals surface area contributed by atoms with Crippen LogP contribution < -0.4 is 10.6 Å². The number of carbonyl (C=O) groups excluding carboxylic acids is 1. The summed E-state index contributed by atoms with van der Waals surface area (Å²) in [5.74, 6) is 0.212. The third-order valence-electron chi connectivity index (χ3n) is 3.91. The molecule has 1 amide bonds. The lowest BCUT2D eigenvalue weighted by Gasteiger charge is -2.31. The van der Waals surface area contributed by atoms with Crippen molar-refractivity contribution in [2.45, 2.75) is 57.0 Å². The molecule has 2 saturated heterocycles. The zero-order valence-corrected chi connectivity index (χ0v) is 10.8. The van der Waals surface area contributed by atoms with Crippen LogP contribution in [-0.2, 0) is 9.53 Å². The molecule has 2 aliphatic rings. The summed E-state index contributed by atoms with van der Waals surface area (Å²) in [6.45, 7) is 4.67. The number of carbonyl (C=O) groups is 1. The lowest BCUT2D eigenvalue weighted by atomic mass is 9.90. The topological polar surface area (TPSA) is 50.4 Å². The van der Waals surface area contributed by atoms with E-state index in [9.17, 15) is 4.79 Å². The van der Waals surface area contributed by atoms with Crippen LogP contribution in [0.1, 0.15) is 45.4 Å². The van der Waals surface area contributed by atoms with Crippen molar-refractivity contribution in [3.8, 4) is 0 Å². The van der Waals surface area contributed by atoms with Crippen LogP contribution in [0.3, 0.4) is 0 Å². The lowest BCUT2D eigenvalue weighted by molar-refractivity contribution is -0.128. The molecule has 0 bridgehead atoms. The summed E-state index contributed by atoms with van der Waals surface area (Å²) in [4.78, 5) is 12.4. The second-order valence-corrected chi connectivity index (χ2v) is 5.22. The molecule has 1 atom stereocenters. The van der Waals surface area contributed by atoms with Crippen molar-refractivity contribution >= 4 is 5.91 Å². The van der Waals surface area contributed by atoms with Crippen LogP contribution in [0.4, 0.5) is 0 Å². The first kappa shape index (κ1) is 12.8. The summed E-state index contributed by atoms with van der Waals surface area (Å²) in [7, 11) is 0. The van der Waals surface area contributed by atoms with Crippen molar-refractivity contribution < 1.29 is 9.53 Å². The van der Waals surface area contributed by atoms with E-state index in [0.717, 1.165) is 58.3 Å². The van der Waals surface area contributed by atoms with E-state index in [1.165, 1.54) is 0 Å². The van der Waals surface area contributed by atoms with Gasteiger partial charge in [0.25, 0.3) is 0 Å². The van der Waals surface area contributed by atoms with E-state index >= 15 is 0 Å². The zero-order chi connectivity index (χ0) is 12.1. The Morgan fingerprint density at radius 3 is 2.82 bits per heavy atom. The minimum atomic E-state index is -0.285. The maximum absolute atomic E-state index is 12.4. The van der Waals surface area contributed by atoms with E-state index in [0.29, 0.717) is 6.04 Å². The molecule has 2 aliphatic heterocycles. The Labute approximate surface area is 103 Å². The standard InChI is InChI=1S/C13H24N2O2/c1-2-6-13(7-3-8-14-13)12(16)15-11-4-9-17-10-5-11/h11,14H,2-10H2,1H3,(H,15,16). The molecule has 0 radical (unpaired) electrons. The molecular formula is C13H24N2O2. The van der Waals surface area contributed by atoms with Gasteiger partial charge in [0.2, 0.25) is 5.91 Å². The van der Waals surface area contributed by atoms with Crippen LogP contribution in [0.2, 0.25) is 0 Å². The van der Waals surface area contributed by atoms with E-state index in [1.807, 2.05) is 0 Å². The van der Waals surface area contributed by atoms with Gasteiger partial charge in [-0.15, -0.1) is 0 Å². The molecule has 0 spiro atoms. The number of hydrogen-bond donors (Lipinski definition) is 2. The van der Waals surface area contributed by atoms with Crippen molar-refractivity contribution in [3.05, 3.63) is 0 Å². The van der Waals surface area contributed by atoms with Gasteiger partial charge >= 0.3 is 0 Å².